The first kappa shape index (κ1) is 24.9. The lowest BCUT2D eigenvalue weighted by Gasteiger charge is -2.24. The van der Waals surface area contributed by atoms with Crippen molar-refractivity contribution in [3.8, 4) is 0 Å². The molecule has 0 aromatic carbocycles. The van der Waals surface area contributed by atoms with Crippen LogP contribution in [0.25, 0.3) is 0 Å². The van der Waals surface area contributed by atoms with Crippen molar-refractivity contribution in [2.45, 2.75) is 65.2 Å². The molecule has 1 atom stereocenters. The zero-order valence-corrected chi connectivity index (χ0v) is 18.1. The number of carbonyl (C=O) groups is 4. The number of alkyl carbamates (subject to hydrolysis) is 2. The van der Waals surface area contributed by atoms with Gasteiger partial charge >= 0.3 is 18.2 Å². The summed E-state index contributed by atoms with van der Waals surface area (Å²) in [7, 11) is 0. The van der Waals surface area contributed by atoms with Gasteiger partial charge in [-0.3, -0.25) is 10.1 Å². The van der Waals surface area contributed by atoms with Crippen molar-refractivity contribution < 1.29 is 33.8 Å². The second-order valence-electron chi connectivity index (χ2n) is 8.67. The molecule has 0 radical (unpaired) electrons. The lowest BCUT2D eigenvalue weighted by molar-refractivity contribution is -0.139. The molecule has 3 N–H and O–H groups in total. The first-order chi connectivity index (χ1) is 13.7. The van der Waals surface area contributed by atoms with E-state index in [-0.39, 0.29) is 31.9 Å². The Morgan fingerprint density at radius 2 is 1.73 bits per heavy atom. The van der Waals surface area contributed by atoms with Crippen LogP contribution in [-0.4, -0.2) is 70.9 Å². The van der Waals surface area contributed by atoms with Gasteiger partial charge in [-0.2, -0.15) is 4.99 Å². The molecule has 1 unspecified atom stereocenters. The highest BCUT2D eigenvalue weighted by Crippen LogP contribution is 2.16. The average Bonchev–Trinajstić information content (AvgIpc) is 2.98. The number of amides is 3. The minimum Gasteiger partial charge on any atom is -0.480 e. The molecule has 11 nitrogen and oxygen atoms in total. The molecule has 0 saturated carbocycles. The second-order valence-corrected chi connectivity index (χ2v) is 8.67. The third-order valence-corrected chi connectivity index (χ3v) is 3.54. The number of nitrogens with zero attached hydrogens (tertiary/aromatic N) is 2. The van der Waals surface area contributed by atoms with Crippen LogP contribution in [0.5, 0.6) is 0 Å². The van der Waals surface area contributed by atoms with E-state index in [4.69, 9.17) is 9.47 Å². The number of guanidine groups is 1. The van der Waals surface area contributed by atoms with Crippen LogP contribution in [0, 0.1) is 0 Å². The van der Waals surface area contributed by atoms with Gasteiger partial charge in [0.25, 0.3) is 0 Å². The van der Waals surface area contributed by atoms with Crippen molar-refractivity contribution in [1.29, 1.82) is 0 Å². The topological polar surface area (TPSA) is 147 Å². The van der Waals surface area contributed by atoms with Crippen molar-refractivity contribution in [3.05, 3.63) is 11.6 Å². The largest absolute Gasteiger partial charge is 0.480 e. The average molecular weight is 426 g/mol. The molecule has 1 heterocycles. The molecule has 0 bridgehead atoms. The van der Waals surface area contributed by atoms with Crippen molar-refractivity contribution in [3.63, 3.8) is 0 Å². The van der Waals surface area contributed by atoms with E-state index in [1.165, 1.54) is 0 Å². The Labute approximate surface area is 175 Å². The van der Waals surface area contributed by atoms with Crippen LogP contribution in [0.1, 0.15) is 48.0 Å². The van der Waals surface area contributed by atoms with Gasteiger partial charge < -0.3 is 24.8 Å². The molecular weight excluding hydrogens is 396 g/mol. The summed E-state index contributed by atoms with van der Waals surface area (Å²) in [6.45, 7) is 10.6. The predicted octanol–water partition coefficient (Wildman–Crippen LogP) is 1.63. The van der Waals surface area contributed by atoms with Crippen LogP contribution in [0.3, 0.4) is 0 Å². The van der Waals surface area contributed by atoms with Gasteiger partial charge in [-0.05, 0) is 41.5 Å². The summed E-state index contributed by atoms with van der Waals surface area (Å²) >= 11 is 0. The molecule has 168 valence electrons. The first-order valence-corrected chi connectivity index (χ1v) is 9.37. The molecular formula is C19H30N4O7. The van der Waals surface area contributed by atoms with E-state index in [0.717, 1.165) is 0 Å². The highest BCUT2D eigenvalue weighted by Gasteiger charge is 2.28. The van der Waals surface area contributed by atoms with Crippen LogP contribution >= 0.6 is 0 Å². The normalized spacial score (nSPS) is 15.7. The van der Waals surface area contributed by atoms with Gasteiger partial charge in [-0.1, -0.05) is 11.6 Å². The van der Waals surface area contributed by atoms with Crippen LogP contribution in [-0.2, 0) is 19.1 Å². The Hall–Kier alpha value is -3.11. The minimum absolute atomic E-state index is 0.0162. The summed E-state index contributed by atoms with van der Waals surface area (Å²) in [5.74, 6) is -1.23. The van der Waals surface area contributed by atoms with E-state index in [2.05, 4.69) is 15.6 Å². The van der Waals surface area contributed by atoms with E-state index in [1.807, 2.05) is 0 Å². The number of hydrogen-bond donors (Lipinski definition) is 3. The molecule has 0 spiro atoms. The molecule has 11 heteroatoms. The summed E-state index contributed by atoms with van der Waals surface area (Å²) < 4.78 is 10.2. The fraction of sp³-hybridized carbons (Fsp3) is 0.632. The molecule has 3 amide bonds. The van der Waals surface area contributed by atoms with E-state index in [1.54, 1.807) is 52.5 Å². The maximum absolute atomic E-state index is 12.0. The molecule has 0 aromatic rings. The fourth-order valence-corrected chi connectivity index (χ4v) is 2.47. The van der Waals surface area contributed by atoms with Gasteiger partial charge in [0.1, 0.15) is 17.2 Å². The number of nitrogens with one attached hydrogen (secondary N) is 2. The van der Waals surface area contributed by atoms with Gasteiger partial charge in [-0.15, -0.1) is 0 Å². The van der Waals surface area contributed by atoms with Gasteiger partial charge in [0, 0.05) is 19.5 Å². The zero-order valence-electron chi connectivity index (χ0n) is 18.1. The number of hydrogen-bond acceptors (Lipinski definition) is 6. The smallest absolute Gasteiger partial charge is 0.414 e. The molecule has 0 aromatic heterocycles. The van der Waals surface area contributed by atoms with Gasteiger partial charge in [0.05, 0.1) is 0 Å². The number of carboxylic acid groups (broad SMARTS) is 1. The lowest BCUT2D eigenvalue weighted by Crippen LogP contribution is -2.46. The van der Waals surface area contributed by atoms with E-state index < -0.39 is 35.4 Å². The molecule has 1 rings (SSSR count). The third-order valence-electron chi connectivity index (χ3n) is 3.54. The van der Waals surface area contributed by atoms with Crippen molar-refractivity contribution in [1.82, 2.24) is 15.5 Å². The number of rotatable bonds is 5. The van der Waals surface area contributed by atoms with E-state index in [9.17, 15) is 24.3 Å². The van der Waals surface area contributed by atoms with E-state index >= 15 is 0 Å². The Bertz CT molecular complexity index is 732. The molecule has 0 fully saturated rings. The summed E-state index contributed by atoms with van der Waals surface area (Å²) in [5.41, 5.74) is -0.806. The number of aliphatic carboxylic acids is 1. The number of carbonyl (C=O) groups excluding carboxylic acids is 3. The second kappa shape index (κ2) is 10.1. The van der Waals surface area contributed by atoms with E-state index in [0.29, 0.717) is 5.57 Å². The van der Waals surface area contributed by atoms with Crippen LogP contribution in [0.15, 0.2) is 16.6 Å². The number of aliphatic imine (C=N–C) groups is 1. The van der Waals surface area contributed by atoms with Crippen molar-refractivity contribution >= 4 is 30.5 Å². The molecule has 1 aliphatic rings. The first-order valence-electron chi connectivity index (χ1n) is 9.37. The number of carboxylic acids is 1. The van der Waals surface area contributed by atoms with Crippen molar-refractivity contribution in [2.24, 2.45) is 4.99 Å². The van der Waals surface area contributed by atoms with Crippen LogP contribution < -0.4 is 10.6 Å². The Kier molecular flexibility index (Phi) is 8.38. The predicted molar refractivity (Wildman–Crippen MR) is 108 cm³/mol. The molecule has 0 saturated heterocycles. The Morgan fingerprint density at radius 1 is 1.17 bits per heavy atom. The summed E-state index contributed by atoms with van der Waals surface area (Å²) in [4.78, 5) is 51.4. The quantitative estimate of drug-likeness (QED) is 0.260. The molecule has 0 aliphatic carbocycles. The molecule has 30 heavy (non-hydrogen) atoms. The van der Waals surface area contributed by atoms with Crippen LogP contribution in [0.2, 0.25) is 0 Å². The lowest BCUT2D eigenvalue weighted by atomic mass is 10.1. The summed E-state index contributed by atoms with van der Waals surface area (Å²) in [5, 5.41) is 14.2. The summed E-state index contributed by atoms with van der Waals surface area (Å²) in [6, 6.07) is -1.20. The van der Waals surface area contributed by atoms with Gasteiger partial charge in [0.2, 0.25) is 12.4 Å². The SMILES string of the molecule is CC(C)(C)OC(=O)NC(=NC=O)N1CC=C(CC(NC(=O)OC(C)(C)C)C(=O)O)C1. The maximum Gasteiger partial charge on any atom is 0.414 e. The zero-order chi connectivity index (χ0) is 23.1. The standard InChI is InChI=1S/C19H30N4O7/c1-18(2,3)29-16(27)21-13(14(25)26)9-12-7-8-23(10-12)15(20-11-24)22-17(28)30-19(4,5)6/h7,11,13H,8-10H2,1-6H3,(H,21,27)(H,25,26)(H,20,22,24,28). The highest BCUT2D eigenvalue weighted by molar-refractivity contribution is 5.97. The van der Waals surface area contributed by atoms with Gasteiger partial charge in [0.15, 0.2) is 0 Å². The fourth-order valence-electron chi connectivity index (χ4n) is 2.47. The van der Waals surface area contributed by atoms with Crippen LogP contribution in [0.4, 0.5) is 9.59 Å². The Balaban J connectivity index is 2.73. The number of ether oxygens (including phenoxy) is 2. The summed E-state index contributed by atoms with van der Waals surface area (Å²) in [6.07, 6.45) is 0.441. The molecule has 1 aliphatic heterocycles. The van der Waals surface area contributed by atoms with Crippen molar-refractivity contribution in [2.75, 3.05) is 13.1 Å². The Morgan fingerprint density at radius 3 is 2.23 bits per heavy atom. The van der Waals surface area contributed by atoms with Gasteiger partial charge in [-0.25, -0.2) is 14.4 Å². The maximum atomic E-state index is 12.0. The monoisotopic (exact) mass is 426 g/mol. The highest BCUT2D eigenvalue weighted by atomic mass is 16.6. The minimum atomic E-state index is -1.21. The third kappa shape index (κ3) is 9.39.